The SMILES string of the molecule is COC(=O)CCC/C=C\C[C@@H]1[C@@H](/C=C/[C@H](O)c2cc3ccccc3s2)[C@H](O)C[C@@H]1O. The minimum Gasteiger partial charge on any atom is -0.469 e. The summed E-state index contributed by atoms with van der Waals surface area (Å²) in [6.07, 6.45) is 8.54. The summed E-state index contributed by atoms with van der Waals surface area (Å²) in [4.78, 5) is 12.0. The van der Waals surface area contributed by atoms with Gasteiger partial charge in [-0.15, -0.1) is 11.3 Å². The van der Waals surface area contributed by atoms with E-state index in [4.69, 9.17) is 0 Å². The van der Waals surface area contributed by atoms with Crippen LogP contribution in [0.5, 0.6) is 0 Å². The van der Waals surface area contributed by atoms with E-state index in [-0.39, 0.29) is 17.8 Å². The van der Waals surface area contributed by atoms with Gasteiger partial charge in [0.1, 0.15) is 6.10 Å². The summed E-state index contributed by atoms with van der Waals surface area (Å²) in [6, 6.07) is 10.0. The second-order valence-corrected chi connectivity index (χ2v) is 8.92. The Morgan fingerprint density at radius 2 is 2.07 bits per heavy atom. The van der Waals surface area contributed by atoms with Crippen molar-refractivity contribution >= 4 is 27.4 Å². The molecule has 1 aromatic carbocycles. The van der Waals surface area contributed by atoms with Crippen molar-refractivity contribution in [2.24, 2.45) is 11.8 Å². The number of carbonyl (C=O) groups excluding carboxylic acids is 1. The van der Waals surface area contributed by atoms with Gasteiger partial charge in [-0.25, -0.2) is 0 Å². The number of hydrogen-bond acceptors (Lipinski definition) is 6. The molecular weight excluding hydrogens is 400 g/mol. The Morgan fingerprint density at radius 1 is 1.27 bits per heavy atom. The first-order chi connectivity index (χ1) is 14.5. The number of allylic oxidation sites excluding steroid dienone is 2. The third kappa shape index (κ3) is 5.79. The van der Waals surface area contributed by atoms with Crippen LogP contribution in [-0.2, 0) is 9.53 Å². The molecule has 0 spiro atoms. The van der Waals surface area contributed by atoms with Crippen molar-refractivity contribution in [1.29, 1.82) is 0 Å². The van der Waals surface area contributed by atoms with E-state index in [9.17, 15) is 20.1 Å². The fourth-order valence-corrected chi connectivity index (χ4v) is 5.05. The molecule has 5 nitrogen and oxygen atoms in total. The van der Waals surface area contributed by atoms with Gasteiger partial charge in [-0.3, -0.25) is 4.79 Å². The highest BCUT2D eigenvalue weighted by molar-refractivity contribution is 7.19. The van der Waals surface area contributed by atoms with E-state index >= 15 is 0 Å². The van der Waals surface area contributed by atoms with Crippen molar-refractivity contribution in [3.63, 3.8) is 0 Å². The van der Waals surface area contributed by atoms with Crippen LogP contribution in [0.25, 0.3) is 10.1 Å². The summed E-state index contributed by atoms with van der Waals surface area (Å²) in [5.41, 5.74) is 0. The summed E-state index contributed by atoms with van der Waals surface area (Å²) in [6.45, 7) is 0. The van der Waals surface area contributed by atoms with E-state index < -0.39 is 18.3 Å². The number of thiophene rings is 1. The highest BCUT2D eigenvalue weighted by Crippen LogP contribution is 2.37. The lowest BCUT2D eigenvalue weighted by Gasteiger charge is -2.19. The molecule has 1 saturated carbocycles. The molecule has 0 unspecified atom stereocenters. The van der Waals surface area contributed by atoms with E-state index in [0.29, 0.717) is 19.3 Å². The van der Waals surface area contributed by atoms with Gasteiger partial charge < -0.3 is 20.1 Å². The molecule has 1 aliphatic carbocycles. The lowest BCUT2D eigenvalue weighted by molar-refractivity contribution is -0.140. The van der Waals surface area contributed by atoms with Crippen LogP contribution in [0.1, 0.15) is 43.1 Å². The average Bonchev–Trinajstić information content (AvgIpc) is 3.29. The number of ether oxygens (including phenoxy) is 1. The van der Waals surface area contributed by atoms with E-state index in [2.05, 4.69) is 4.74 Å². The Morgan fingerprint density at radius 3 is 2.83 bits per heavy atom. The van der Waals surface area contributed by atoms with Gasteiger partial charge >= 0.3 is 5.97 Å². The van der Waals surface area contributed by atoms with Crippen LogP contribution >= 0.6 is 11.3 Å². The zero-order chi connectivity index (χ0) is 21.5. The summed E-state index contributed by atoms with van der Waals surface area (Å²) in [7, 11) is 1.39. The molecule has 30 heavy (non-hydrogen) atoms. The van der Waals surface area contributed by atoms with Crippen molar-refractivity contribution in [1.82, 2.24) is 0 Å². The summed E-state index contributed by atoms with van der Waals surface area (Å²) >= 11 is 1.56. The average molecular weight is 431 g/mol. The molecule has 3 rings (SSSR count). The number of hydrogen-bond donors (Lipinski definition) is 3. The largest absolute Gasteiger partial charge is 0.469 e. The highest BCUT2D eigenvalue weighted by atomic mass is 32.1. The van der Waals surface area contributed by atoms with Gasteiger partial charge in [-0.05, 0) is 42.7 Å². The molecule has 1 heterocycles. The number of carbonyl (C=O) groups is 1. The Kier molecular flexibility index (Phi) is 8.22. The number of unbranched alkanes of at least 4 members (excludes halogenated alkanes) is 1. The fourth-order valence-electron chi connectivity index (χ4n) is 4.02. The highest BCUT2D eigenvalue weighted by Gasteiger charge is 2.39. The fraction of sp³-hybridized carbons (Fsp3) is 0.458. The quantitative estimate of drug-likeness (QED) is 0.316. The Labute approximate surface area is 181 Å². The maximum atomic E-state index is 11.1. The van der Waals surface area contributed by atoms with E-state index in [1.54, 1.807) is 17.4 Å². The van der Waals surface area contributed by atoms with Gasteiger partial charge in [0, 0.05) is 28.3 Å². The molecule has 0 saturated heterocycles. The molecule has 0 amide bonds. The first kappa shape index (κ1) is 22.7. The molecule has 1 aromatic heterocycles. The van der Waals surface area contributed by atoms with Crippen molar-refractivity contribution in [2.75, 3.05) is 7.11 Å². The van der Waals surface area contributed by atoms with Crippen molar-refractivity contribution < 1.29 is 24.9 Å². The predicted octanol–water partition coefficient (Wildman–Crippen LogP) is 4.14. The molecule has 0 aliphatic heterocycles. The molecule has 3 N–H and O–H groups in total. The molecule has 1 fully saturated rings. The Hall–Kier alpha value is -1.99. The van der Waals surface area contributed by atoms with Crippen LogP contribution in [-0.4, -0.2) is 40.6 Å². The predicted molar refractivity (Wildman–Crippen MR) is 119 cm³/mol. The first-order valence-electron chi connectivity index (χ1n) is 10.4. The van der Waals surface area contributed by atoms with Gasteiger partial charge in [0.25, 0.3) is 0 Å². The number of aliphatic hydroxyl groups is 3. The molecule has 162 valence electrons. The van der Waals surface area contributed by atoms with Crippen molar-refractivity contribution in [3.8, 4) is 0 Å². The third-order valence-electron chi connectivity index (χ3n) is 5.72. The number of benzene rings is 1. The second kappa shape index (κ2) is 10.9. The number of esters is 1. The summed E-state index contributed by atoms with van der Waals surface area (Å²) in [5, 5.41) is 32.5. The van der Waals surface area contributed by atoms with Gasteiger partial charge in [-0.1, -0.05) is 42.5 Å². The number of rotatable bonds is 9. The molecule has 0 bridgehead atoms. The van der Waals surface area contributed by atoms with E-state index in [1.807, 2.05) is 48.6 Å². The van der Waals surface area contributed by atoms with Gasteiger partial charge in [0.05, 0.1) is 19.3 Å². The summed E-state index contributed by atoms with van der Waals surface area (Å²) < 4.78 is 5.75. The van der Waals surface area contributed by atoms with Gasteiger partial charge in [0.15, 0.2) is 0 Å². The molecule has 0 radical (unpaired) electrons. The number of fused-ring (bicyclic) bond motifs is 1. The van der Waals surface area contributed by atoms with Gasteiger partial charge in [-0.2, -0.15) is 0 Å². The van der Waals surface area contributed by atoms with Crippen LogP contribution in [0.15, 0.2) is 54.6 Å². The third-order valence-corrected chi connectivity index (χ3v) is 6.91. The smallest absolute Gasteiger partial charge is 0.305 e. The van der Waals surface area contributed by atoms with Crippen LogP contribution in [0.3, 0.4) is 0 Å². The Balaban J connectivity index is 1.57. The molecule has 1 aliphatic rings. The zero-order valence-electron chi connectivity index (χ0n) is 17.2. The summed E-state index contributed by atoms with van der Waals surface area (Å²) in [5.74, 6) is -0.508. The maximum absolute atomic E-state index is 11.1. The molecule has 5 atom stereocenters. The number of methoxy groups -OCH3 is 1. The van der Waals surface area contributed by atoms with Crippen LogP contribution in [0.2, 0.25) is 0 Å². The zero-order valence-corrected chi connectivity index (χ0v) is 18.0. The monoisotopic (exact) mass is 430 g/mol. The molecular formula is C24H30O5S. The standard InChI is InChI=1S/C24H30O5S/c1-29-24(28)11-5-3-2-4-9-17-18(21(27)15-20(17)26)12-13-19(25)23-14-16-8-6-7-10-22(16)30-23/h2,4,6-8,10,12-14,17-21,25-27H,3,5,9,11,15H2,1H3/b4-2-,13-12+/t17-,18-,19+,20+,21-/m1/s1. The van der Waals surface area contributed by atoms with Crippen molar-refractivity contribution in [3.05, 3.63) is 59.5 Å². The van der Waals surface area contributed by atoms with Gasteiger partial charge in [0.2, 0.25) is 0 Å². The van der Waals surface area contributed by atoms with Crippen LogP contribution in [0.4, 0.5) is 0 Å². The topological polar surface area (TPSA) is 87.0 Å². The number of aliphatic hydroxyl groups excluding tert-OH is 3. The van der Waals surface area contributed by atoms with E-state index in [1.165, 1.54) is 7.11 Å². The first-order valence-corrected chi connectivity index (χ1v) is 11.2. The Bertz CT molecular complexity index is 854. The lowest BCUT2D eigenvalue weighted by Crippen LogP contribution is -2.20. The van der Waals surface area contributed by atoms with Crippen LogP contribution < -0.4 is 0 Å². The minimum absolute atomic E-state index is 0.0947. The molecule has 2 aromatic rings. The maximum Gasteiger partial charge on any atom is 0.305 e. The van der Waals surface area contributed by atoms with Crippen LogP contribution in [0, 0.1) is 11.8 Å². The second-order valence-electron chi connectivity index (χ2n) is 7.80. The normalized spacial score (nSPS) is 25.5. The minimum atomic E-state index is -0.734. The van der Waals surface area contributed by atoms with Crippen molar-refractivity contribution in [2.45, 2.75) is 50.4 Å². The van der Waals surface area contributed by atoms with E-state index in [0.717, 1.165) is 27.8 Å². The lowest BCUT2D eigenvalue weighted by atomic mass is 9.89. The molecule has 6 heteroatoms.